The molecular formula is C11H10F2N2S. The summed E-state index contributed by atoms with van der Waals surface area (Å²) < 4.78 is 26.9. The Labute approximate surface area is 95.7 Å². The van der Waals surface area contributed by atoms with Crippen LogP contribution in [0.3, 0.4) is 0 Å². The number of halogens is 2. The molecule has 0 aliphatic carbocycles. The number of hydrogen-bond acceptors (Lipinski definition) is 3. The molecule has 0 bridgehead atoms. The topological polar surface area (TPSA) is 38.9 Å². The summed E-state index contributed by atoms with van der Waals surface area (Å²) in [6.07, 6.45) is 0.626. The molecule has 5 heteroatoms. The first kappa shape index (κ1) is 11.2. The SMILES string of the molecule is NCCc1nc(-c2c(F)cccc2F)cs1. The third kappa shape index (κ3) is 2.10. The highest BCUT2D eigenvalue weighted by atomic mass is 32.1. The number of benzene rings is 1. The Kier molecular flexibility index (Phi) is 3.26. The van der Waals surface area contributed by atoms with E-state index in [1.165, 1.54) is 29.5 Å². The van der Waals surface area contributed by atoms with Gasteiger partial charge in [0.25, 0.3) is 0 Å². The molecule has 0 saturated carbocycles. The maximum atomic E-state index is 13.4. The molecule has 0 saturated heterocycles. The van der Waals surface area contributed by atoms with Crippen LogP contribution in [0, 0.1) is 11.6 Å². The molecule has 1 aromatic carbocycles. The van der Waals surface area contributed by atoms with Gasteiger partial charge in [0, 0.05) is 11.8 Å². The molecule has 84 valence electrons. The number of nitrogens with two attached hydrogens (primary N) is 1. The van der Waals surface area contributed by atoms with Gasteiger partial charge >= 0.3 is 0 Å². The number of hydrogen-bond donors (Lipinski definition) is 1. The predicted molar refractivity (Wildman–Crippen MR) is 60.2 cm³/mol. The maximum Gasteiger partial charge on any atom is 0.135 e. The summed E-state index contributed by atoms with van der Waals surface area (Å²) in [6.45, 7) is 0.479. The Morgan fingerprint density at radius 1 is 1.25 bits per heavy atom. The van der Waals surface area contributed by atoms with Crippen LogP contribution in [0.4, 0.5) is 8.78 Å². The van der Waals surface area contributed by atoms with Gasteiger partial charge in [0.1, 0.15) is 11.6 Å². The van der Waals surface area contributed by atoms with Gasteiger partial charge in [0.05, 0.1) is 16.3 Å². The smallest absolute Gasteiger partial charge is 0.135 e. The molecule has 0 amide bonds. The molecule has 1 aromatic heterocycles. The molecule has 0 aliphatic heterocycles. The van der Waals surface area contributed by atoms with Crippen molar-refractivity contribution in [3.8, 4) is 11.3 Å². The van der Waals surface area contributed by atoms with Crippen molar-refractivity contribution in [3.63, 3.8) is 0 Å². The number of nitrogens with zero attached hydrogens (tertiary/aromatic N) is 1. The van der Waals surface area contributed by atoms with Crippen molar-refractivity contribution in [2.75, 3.05) is 6.54 Å². The Morgan fingerprint density at radius 2 is 1.94 bits per heavy atom. The number of aromatic nitrogens is 1. The van der Waals surface area contributed by atoms with Gasteiger partial charge in [-0.1, -0.05) is 6.07 Å². The van der Waals surface area contributed by atoms with E-state index in [0.717, 1.165) is 5.01 Å². The van der Waals surface area contributed by atoms with Crippen molar-refractivity contribution in [1.82, 2.24) is 4.98 Å². The molecule has 2 aromatic rings. The van der Waals surface area contributed by atoms with Crippen molar-refractivity contribution in [1.29, 1.82) is 0 Å². The van der Waals surface area contributed by atoms with Crippen LogP contribution < -0.4 is 5.73 Å². The minimum absolute atomic E-state index is 0.0676. The minimum Gasteiger partial charge on any atom is -0.330 e. The molecule has 0 unspecified atom stereocenters. The Balaban J connectivity index is 2.42. The second-order valence-corrected chi connectivity index (χ2v) is 4.20. The predicted octanol–water partition coefficient (Wildman–Crippen LogP) is 2.59. The van der Waals surface area contributed by atoms with Gasteiger partial charge in [-0.25, -0.2) is 13.8 Å². The summed E-state index contributed by atoms with van der Waals surface area (Å²) in [5.41, 5.74) is 5.66. The molecule has 2 nitrogen and oxygen atoms in total. The van der Waals surface area contributed by atoms with Crippen molar-refractivity contribution in [2.45, 2.75) is 6.42 Å². The van der Waals surface area contributed by atoms with Gasteiger partial charge in [-0.2, -0.15) is 0 Å². The van der Waals surface area contributed by atoms with E-state index >= 15 is 0 Å². The van der Waals surface area contributed by atoms with Crippen LogP contribution in [0.1, 0.15) is 5.01 Å². The largest absolute Gasteiger partial charge is 0.330 e. The van der Waals surface area contributed by atoms with Crippen LogP contribution in [0.5, 0.6) is 0 Å². The quantitative estimate of drug-likeness (QED) is 0.895. The molecule has 16 heavy (non-hydrogen) atoms. The minimum atomic E-state index is -0.593. The number of thiazole rings is 1. The van der Waals surface area contributed by atoms with Crippen LogP contribution in [0.2, 0.25) is 0 Å². The Morgan fingerprint density at radius 3 is 2.56 bits per heavy atom. The van der Waals surface area contributed by atoms with E-state index in [1.54, 1.807) is 5.38 Å². The fourth-order valence-electron chi connectivity index (χ4n) is 1.41. The standard InChI is InChI=1S/C11H10F2N2S/c12-7-2-1-3-8(13)11(7)9-6-16-10(15-9)4-5-14/h1-3,6H,4-5,14H2. The summed E-state index contributed by atoms with van der Waals surface area (Å²) in [7, 11) is 0. The highest BCUT2D eigenvalue weighted by molar-refractivity contribution is 7.09. The van der Waals surface area contributed by atoms with Gasteiger partial charge in [0.2, 0.25) is 0 Å². The van der Waals surface area contributed by atoms with E-state index < -0.39 is 11.6 Å². The summed E-state index contributed by atoms with van der Waals surface area (Å²) in [4.78, 5) is 4.15. The fraction of sp³-hybridized carbons (Fsp3) is 0.182. The maximum absolute atomic E-state index is 13.4. The van der Waals surface area contributed by atoms with Crippen molar-refractivity contribution in [2.24, 2.45) is 5.73 Å². The highest BCUT2D eigenvalue weighted by Gasteiger charge is 2.13. The highest BCUT2D eigenvalue weighted by Crippen LogP contribution is 2.27. The second-order valence-electron chi connectivity index (χ2n) is 3.26. The number of rotatable bonds is 3. The van der Waals surface area contributed by atoms with E-state index in [4.69, 9.17) is 5.73 Å². The third-order valence-corrected chi connectivity index (χ3v) is 3.04. The molecule has 0 atom stereocenters. The zero-order valence-electron chi connectivity index (χ0n) is 8.41. The van der Waals surface area contributed by atoms with Gasteiger partial charge in [0.15, 0.2) is 0 Å². The van der Waals surface area contributed by atoms with Crippen LogP contribution in [-0.2, 0) is 6.42 Å². The molecule has 2 N–H and O–H groups in total. The second kappa shape index (κ2) is 4.67. The van der Waals surface area contributed by atoms with Crippen LogP contribution in [-0.4, -0.2) is 11.5 Å². The lowest BCUT2D eigenvalue weighted by Gasteiger charge is -2.00. The lowest BCUT2D eigenvalue weighted by atomic mass is 10.1. The molecule has 1 heterocycles. The Bertz CT molecular complexity index is 476. The van der Waals surface area contributed by atoms with Gasteiger partial charge < -0.3 is 5.73 Å². The van der Waals surface area contributed by atoms with Gasteiger partial charge in [-0.15, -0.1) is 11.3 Å². The first-order chi connectivity index (χ1) is 7.72. The lowest BCUT2D eigenvalue weighted by Crippen LogP contribution is -2.02. The summed E-state index contributed by atoms with van der Waals surface area (Å²) in [5, 5.41) is 2.44. The first-order valence-electron chi connectivity index (χ1n) is 4.81. The summed E-state index contributed by atoms with van der Waals surface area (Å²) >= 11 is 1.36. The fourth-order valence-corrected chi connectivity index (χ4v) is 2.21. The zero-order chi connectivity index (χ0) is 11.5. The normalized spacial score (nSPS) is 10.7. The monoisotopic (exact) mass is 240 g/mol. The molecule has 0 spiro atoms. The average Bonchev–Trinajstić information content (AvgIpc) is 2.67. The van der Waals surface area contributed by atoms with Gasteiger partial charge in [-0.3, -0.25) is 0 Å². The van der Waals surface area contributed by atoms with E-state index in [0.29, 0.717) is 18.7 Å². The van der Waals surface area contributed by atoms with E-state index in [2.05, 4.69) is 4.98 Å². The van der Waals surface area contributed by atoms with Crippen LogP contribution >= 0.6 is 11.3 Å². The molecule has 0 fully saturated rings. The van der Waals surface area contributed by atoms with E-state index in [9.17, 15) is 8.78 Å². The average molecular weight is 240 g/mol. The van der Waals surface area contributed by atoms with Gasteiger partial charge in [-0.05, 0) is 18.7 Å². The van der Waals surface area contributed by atoms with Crippen LogP contribution in [0.25, 0.3) is 11.3 Å². The van der Waals surface area contributed by atoms with Crippen molar-refractivity contribution in [3.05, 3.63) is 40.2 Å². The van der Waals surface area contributed by atoms with Crippen molar-refractivity contribution >= 4 is 11.3 Å². The van der Waals surface area contributed by atoms with E-state index in [-0.39, 0.29) is 5.56 Å². The summed E-state index contributed by atoms with van der Waals surface area (Å²) in [6, 6.07) is 3.78. The first-order valence-corrected chi connectivity index (χ1v) is 5.69. The molecule has 0 aliphatic rings. The van der Waals surface area contributed by atoms with E-state index in [1.807, 2.05) is 0 Å². The van der Waals surface area contributed by atoms with Crippen molar-refractivity contribution < 1.29 is 8.78 Å². The lowest BCUT2D eigenvalue weighted by molar-refractivity contribution is 0.589. The molecular weight excluding hydrogens is 230 g/mol. The summed E-state index contributed by atoms with van der Waals surface area (Å²) in [5.74, 6) is -1.19. The molecule has 2 rings (SSSR count). The molecule has 0 radical (unpaired) electrons. The zero-order valence-corrected chi connectivity index (χ0v) is 9.23. The third-order valence-electron chi connectivity index (χ3n) is 2.13. The Hall–Kier alpha value is -1.33. The van der Waals surface area contributed by atoms with Crippen LogP contribution in [0.15, 0.2) is 23.6 Å².